The van der Waals surface area contributed by atoms with Crippen LogP contribution in [0.4, 0.5) is 21.6 Å². The average molecular weight is 400 g/mol. The lowest BCUT2D eigenvalue weighted by Gasteiger charge is -2.29. The fourth-order valence-corrected chi connectivity index (χ4v) is 4.33. The maximum absolute atomic E-state index is 13.5. The third-order valence-corrected chi connectivity index (χ3v) is 5.98. The molecule has 0 spiro atoms. The van der Waals surface area contributed by atoms with Crippen molar-refractivity contribution < 1.29 is 17.2 Å². The van der Waals surface area contributed by atoms with Crippen molar-refractivity contribution in [2.75, 3.05) is 21.6 Å². The van der Waals surface area contributed by atoms with Crippen LogP contribution in [0, 0.1) is 18.2 Å². The number of aryl methyl sites for hydroxylation is 1. The molecule has 9 heteroatoms. The van der Waals surface area contributed by atoms with Crippen LogP contribution >= 0.6 is 0 Å². The Hall–Kier alpha value is -3.33. The molecule has 0 amide bonds. The van der Waals surface area contributed by atoms with Crippen LogP contribution in [0.25, 0.3) is 0 Å². The van der Waals surface area contributed by atoms with Crippen LogP contribution in [0.3, 0.4) is 0 Å². The number of fused-ring (bicyclic) bond motifs is 1. The predicted octanol–water partition coefficient (Wildman–Crippen LogP) is 3.74. The molecule has 0 unspecified atom stereocenters. The minimum Gasteiger partial charge on any atom is -0.448 e. The molecule has 2 heterocycles. The summed E-state index contributed by atoms with van der Waals surface area (Å²) in [4.78, 5) is 1.62. The predicted molar refractivity (Wildman–Crippen MR) is 105 cm³/mol. The number of nitrogens with zero attached hydrogens (tertiary/aromatic N) is 1. The van der Waals surface area contributed by atoms with Gasteiger partial charge in [0.05, 0.1) is 23.4 Å². The van der Waals surface area contributed by atoms with Gasteiger partial charge in [-0.15, -0.1) is 0 Å². The topological polar surface area (TPSA) is 98.4 Å². The van der Waals surface area contributed by atoms with Gasteiger partial charge in [0.25, 0.3) is 10.0 Å². The molecule has 1 aromatic heterocycles. The number of hydrogen-bond donors (Lipinski definition) is 3. The number of hydrogen-bond acceptors (Lipinski definition) is 5. The summed E-state index contributed by atoms with van der Waals surface area (Å²) in [6, 6.07) is 12.0. The van der Waals surface area contributed by atoms with E-state index in [2.05, 4.69) is 10.0 Å². The highest BCUT2D eigenvalue weighted by molar-refractivity contribution is 7.92. The Balaban J connectivity index is 1.56. The Kier molecular flexibility index (Phi) is 4.31. The Morgan fingerprint density at radius 2 is 1.93 bits per heavy atom. The molecule has 2 aromatic carbocycles. The summed E-state index contributed by atoms with van der Waals surface area (Å²) in [5.41, 5.74) is 2.16. The zero-order valence-corrected chi connectivity index (χ0v) is 15.7. The summed E-state index contributed by atoms with van der Waals surface area (Å²) < 4.78 is 46.3. The van der Waals surface area contributed by atoms with E-state index in [9.17, 15) is 12.8 Å². The molecule has 0 atom stereocenters. The molecule has 144 valence electrons. The summed E-state index contributed by atoms with van der Waals surface area (Å²) in [6.07, 6.45) is 1.52. The highest BCUT2D eigenvalue weighted by Gasteiger charge is 2.24. The van der Waals surface area contributed by atoms with Crippen molar-refractivity contribution in [3.05, 3.63) is 71.7 Å². The first-order valence-corrected chi connectivity index (χ1v) is 9.90. The van der Waals surface area contributed by atoms with Gasteiger partial charge in [0.1, 0.15) is 11.7 Å². The SMILES string of the molecule is Cc1ccc(F)cc1S(=O)(=O)Nc1ccc(N2CNc3occc3C2=N)cc1. The first-order valence-electron chi connectivity index (χ1n) is 8.42. The van der Waals surface area contributed by atoms with E-state index in [1.54, 1.807) is 42.2 Å². The van der Waals surface area contributed by atoms with E-state index in [0.29, 0.717) is 35.1 Å². The van der Waals surface area contributed by atoms with Crippen molar-refractivity contribution in [1.82, 2.24) is 0 Å². The van der Waals surface area contributed by atoms with Crippen LogP contribution in [0.2, 0.25) is 0 Å². The van der Waals surface area contributed by atoms with Crippen LogP contribution in [-0.2, 0) is 10.0 Å². The van der Waals surface area contributed by atoms with E-state index in [1.807, 2.05) is 0 Å². The van der Waals surface area contributed by atoms with Gasteiger partial charge in [-0.25, -0.2) is 12.8 Å². The summed E-state index contributed by atoms with van der Waals surface area (Å²) in [7, 11) is -3.92. The summed E-state index contributed by atoms with van der Waals surface area (Å²) in [5, 5.41) is 11.4. The molecular formula is C19H17FN4O3S. The number of nitrogens with one attached hydrogen (secondary N) is 3. The third-order valence-electron chi connectivity index (χ3n) is 4.46. The molecule has 4 rings (SSSR count). The lowest BCUT2D eigenvalue weighted by atomic mass is 10.2. The molecule has 28 heavy (non-hydrogen) atoms. The molecule has 0 bridgehead atoms. The molecule has 3 aromatic rings. The Morgan fingerprint density at radius 1 is 1.18 bits per heavy atom. The second kappa shape index (κ2) is 6.68. The molecule has 0 fully saturated rings. The molecule has 0 saturated carbocycles. The molecule has 0 radical (unpaired) electrons. The Morgan fingerprint density at radius 3 is 2.68 bits per heavy atom. The Labute approximate surface area is 161 Å². The number of furan rings is 1. The quantitative estimate of drug-likeness (QED) is 0.620. The standard InChI is InChI=1S/C19H17FN4O3S/c1-12-2-3-13(20)10-17(12)28(25,26)23-14-4-6-15(7-5-14)24-11-22-19-16(18(24)21)8-9-27-19/h2-10,21-23H,11H2,1H3. The van der Waals surface area contributed by atoms with Gasteiger partial charge in [0.15, 0.2) is 0 Å². The van der Waals surface area contributed by atoms with Crippen molar-refractivity contribution in [1.29, 1.82) is 5.41 Å². The van der Waals surface area contributed by atoms with E-state index < -0.39 is 15.8 Å². The molecule has 0 saturated heterocycles. The van der Waals surface area contributed by atoms with Crippen LogP contribution in [0.15, 0.2) is 64.1 Å². The lowest BCUT2D eigenvalue weighted by molar-refractivity contribution is 0.577. The third kappa shape index (κ3) is 3.20. The normalized spacial score (nSPS) is 13.8. The minimum atomic E-state index is -3.92. The van der Waals surface area contributed by atoms with Crippen molar-refractivity contribution in [3.63, 3.8) is 0 Å². The monoisotopic (exact) mass is 400 g/mol. The first-order chi connectivity index (χ1) is 13.3. The smallest absolute Gasteiger partial charge is 0.262 e. The first kappa shape index (κ1) is 18.1. The minimum absolute atomic E-state index is 0.105. The second-order valence-corrected chi connectivity index (χ2v) is 7.99. The van der Waals surface area contributed by atoms with Crippen molar-refractivity contribution in [2.24, 2.45) is 0 Å². The number of sulfonamides is 1. The zero-order valence-electron chi connectivity index (χ0n) is 14.9. The highest BCUT2D eigenvalue weighted by atomic mass is 32.2. The molecule has 0 aliphatic carbocycles. The second-order valence-electron chi connectivity index (χ2n) is 6.34. The largest absolute Gasteiger partial charge is 0.448 e. The number of rotatable bonds is 4. The molecule has 1 aliphatic rings. The molecule has 3 N–H and O–H groups in total. The fourth-order valence-electron chi connectivity index (χ4n) is 3.01. The van der Waals surface area contributed by atoms with Crippen LogP contribution in [0.1, 0.15) is 11.1 Å². The van der Waals surface area contributed by atoms with Gasteiger partial charge in [0.2, 0.25) is 5.88 Å². The van der Waals surface area contributed by atoms with Crippen LogP contribution < -0.4 is 14.9 Å². The van der Waals surface area contributed by atoms with E-state index in [4.69, 9.17) is 9.83 Å². The zero-order chi connectivity index (χ0) is 19.9. The maximum atomic E-state index is 13.5. The van der Waals surface area contributed by atoms with Gasteiger partial charge < -0.3 is 14.6 Å². The summed E-state index contributed by atoms with van der Waals surface area (Å²) >= 11 is 0. The number of anilines is 3. The number of halogens is 1. The number of amidine groups is 1. The van der Waals surface area contributed by atoms with E-state index >= 15 is 0 Å². The van der Waals surface area contributed by atoms with Gasteiger partial charge in [-0.3, -0.25) is 10.1 Å². The average Bonchev–Trinajstić information content (AvgIpc) is 3.14. The van der Waals surface area contributed by atoms with Gasteiger partial charge in [-0.1, -0.05) is 6.07 Å². The summed E-state index contributed by atoms with van der Waals surface area (Å²) in [6.45, 7) is 1.96. The molecular weight excluding hydrogens is 383 g/mol. The molecule has 7 nitrogen and oxygen atoms in total. The van der Waals surface area contributed by atoms with E-state index in [0.717, 1.165) is 6.07 Å². The van der Waals surface area contributed by atoms with Gasteiger partial charge in [-0.2, -0.15) is 0 Å². The van der Waals surface area contributed by atoms with Crippen LogP contribution in [0.5, 0.6) is 0 Å². The Bertz CT molecular complexity index is 1160. The fraction of sp³-hybridized carbons (Fsp3) is 0.105. The van der Waals surface area contributed by atoms with E-state index in [1.165, 1.54) is 18.4 Å². The van der Waals surface area contributed by atoms with Crippen molar-refractivity contribution >= 4 is 33.1 Å². The maximum Gasteiger partial charge on any atom is 0.262 e. The van der Waals surface area contributed by atoms with Gasteiger partial charge in [-0.05, 0) is 55.0 Å². The van der Waals surface area contributed by atoms with Crippen molar-refractivity contribution in [2.45, 2.75) is 11.8 Å². The summed E-state index contributed by atoms with van der Waals surface area (Å²) in [5.74, 6) is 0.221. The molecule has 1 aliphatic heterocycles. The lowest BCUT2D eigenvalue weighted by Crippen LogP contribution is -2.39. The van der Waals surface area contributed by atoms with E-state index in [-0.39, 0.29) is 10.7 Å². The van der Waals surface area contributed by atoms with Crippen molar-refractivity contribution in [3.8, 4) is 0 Å². The van der Waals surface area contributed by atoms with Gasteiger partial charge >= 0.3 is 0 Å². The van der Waals surface area contributed by atoms with Crippen LogP contribution in [-0.4, -0.2) is 20.9 Å². The highest BCUT2D eigenvalue weighted by Crippen LogP contribution is 2.28. The van der Waals surface area contributed by atoms with Gasteiger partial charge in [0, 0.05) is 11.4 Å². The number of benzene rings is 2.